The number of nitrogens with zero attached hydrogens (tertiary/aromatic N) is 3. The van der Waals surface area contributed by atoms with Crippen molar-refractivity contribution in [1.82, 2.24) is 14.8 Å². The third-order valence-corrected chi connectivity index (χ3v) is 5.10. The second-order valence-corrected chi connectivity index (χ2v) is 6.93. The van der Waals surface area contributed by atoms with E-state index in [4.69, 9.17) is 5.73 Å². The van der Waals surface area contributed by atoms with Crippen molar-refractivity contribution in [3.8, 4) is 0 Å². The summed E-state index contributed by atoms with van der Waals surface area (Å²) < 4.78 is 0. The lowest BCUT2D eigenvalue weighted by molar-refractivity contribution is -0.135. The van der Waals surface area contributed by atoms with Gasteiger partial charge in [-0.25, -0.2) is 4.98 Å². The Kier molecular flexibility index (Phi) is 5.72. The summed E-state index contributed by atoms with van der Waals surface area (Å²) in [7, 11) is 0. The number of piperazine rings is 1. The van der Waals surface area contributed by atoms with Gasteiger partial charge in [-0.15, -0.1) is 11.3 Å². The third kappa shape index (κ3) is 4.25. The van der Waals surface area contributed by atoms with Crippen LogP contribution in [0.1, 0.15) is 31.0 Å². The van der Waals surface area contributed by atoms with E-state index in [1.807, 2.05) is 18.7 Å². The molecule has 6 heteroatoms. The van der Waals surface area contributed by atoms with Crippen molar-refractivity contribution in [3.05, 3.63) is 16.1 Å². The molecule has 2 rings (SSSR count). The lowest BCUT2D eigenvalue weighted by atomic mass is 9.98. The van der Waals surface area contributed by atoms with E-state index in [2.05, 4.69) is 22.2 Å². The maximum Gasteiger partial charge on any atom is 0.239 e. The summed E-state index contributed by atoms with van der Waals surface area (Å²) in [6, 6.07) is -0.359. The van der Waals surface area contributed by atoms with E-state index in [1.54, 1.807) is 11.3 Å². The van der Waals surface area contributed by atoms with Gasteiger partial charge in [-0.2, -0.15) is 0 Å². The molecule has 1 unspecified atom stereocenters. The minimum atomic E-state index is -0.359. The number of carbonyl (C=O) groups excluding carboxylic acids is 1. The molecule has 0 spiro atoms. The van der Waals surface area contributed by atoms with E-state index in [0.717, 1.165) is 49.8 Å². The molecule has 1 aromatic heterocycles. The Labute approximate surface area is 131 Å². The fourth-order valence-electron chi connectivity index (χ4n) is 2.54. The first-order valence-corrected chi connectivity index (χ1v) is 8.57. The lowest BCUT2D eigenvalue weighted by Crippen LogP contribution is -2.54. The molecule has 0 aliphatic carbocycles. The summed E-state index contributed by atoms with van der Waals surface area (Å²) in [5, 5.41) is 3.23. The van der Waals surface area contributed by atoms with Crippen LogP contribution < -0.4 is 5.73 Å². The molecule has 0 saturated carbocycles. The second-order valence-electron chi connectivity index (χ2n) is 5.87. The zero-order valence-corrected chi connectivity index (χ0v) is 14.0. The fraction of sp³-hybridized carbons (Fsp3) is 0.733. The van der Waals surface area contributed by atoms with Crippen LogP contribution in [0.5, 0.6) is 0 Å². The van der Waals surface area contributed by atoms with Crippen LogP contribution in [0.3, 0.4) is 0 Å². The van der Waals surface area contributed by atoms with Gasteiger partial charge in [0.05, 0.1) is 16.7 Å². The van der Waals surface area contributed by atoms with Crippen LogP contribution in [-0.2, 0) is 11.3 Å². The predicted octanol–water partition coefficient (Wildman–Crippen LogP) is 1.47. The smallest absolute Gasteiger partial charge is 0.239 e. The third-order valence-electron chi connectivity index (χ3n) is 4.28. The number of thiazole rings is 1. The minimum Gasteiger partial charge on any atom is -0.339 e. The Hall–Kier alpha value is -0.980. The van der Waals surface area contributed by atoms with Crippen LogP contribution in [-0.4, -0.2) is 52.9 Å². The highest BCUT2D eigenvalue weighted by Gasteiger charge is 2.27. The predicted molar refractivity (Wildman–Crippen MR) is 86.1 cm³/mol. The molecule has 1 amide bonds. The molecule has 21 heavy (non-hydrogen) atoms. The molecule has 0 aromatic carbocycles. The summed E-state index contributed by atoms with van der Waals surface area (Å²) in [4.78, 5) is 21.1. The summed E-state index contributed by atoms with van der Waals surface area (Å²) in [6.07, 6.45) is 0.941. The zero-order chi connectivity index (χ0) is 15.4. The van der Waals surface area contributed by atoms with Gasteiger partial charge < -0.3 is 10.6 Å². The van der Waals surface area contributed by atoms with E-state index in [-0.39, 0.29) is 17.9 Å². The monoisotopic (exact) mass is 310 g/mol. The zero-order valence-electron chi connectivity index (χ0n) is 13.2. The van der Waals surface area contributed by atoms with E-state index in [1.165, 1.54) is 0 Å². The standard InChI is InChI=1S/C15H26N4OS/c1-4-11(2)14(16)15(20)19-7-5-18(6-8-19)9-13-10-21-12(3)17-13/h10-11,14H,4-9,16H2,1-3H3/t11?,14-/m0/s1. The van der Waals surface area contributed by atoms with Gasteiger partial charge in [0.2, 0.25) is 5.91 Å². The maximum absolute atomic E-state index is 12.3. The van der Waals surface area contributed by atoms with E-state index < -0.39 is 0 Å². The molecule has 2 N–H and O–H groups in total. The van der Waals surface area contributed by atoms with Crippen LogP contribution in [0.2, 0.25) is 0 Å². The van der Waals surface area contributed by atoms with Gasteiger partial charge in [0.1, 0.15) is 0 Å². The molecule has 1 aliphatic rings. The van der Waals surface area contributed by atoms with Crippen molar-refractivity contribution < 1.29 is 4.79 Å². The Bertz CT molecular complexity index is 468. The van der Waals surface area contributed by atoms with Crippen molar-refractivity contribution in [1.29, 1.82) is 0 Å². The van der Waals surface area contributed by atoms with Crippen LogP contribution in [0, 0.1) is 12.8 Å². The SMILES string of the molecule is CCC(C)[C@H](N)C(=O)N1CCN(Cc2csc(C)n2)CC1. The Morgan fingerprint density at radius 1 is 1.43 bits per heavy atom. The molecule has 2 atom stereocenters. The number of aromatic nitrogens is 1. The lowest BCUT2D eigenvalue weighted by Gasteiger charge is -2.36. The van der Waals surface area contributed by atoms with Crippen molar-refractivity contribution in [2.75, 3.05) is 26.2 Å². The number of hydrogen-bond donors (Lipinski definition) is 1. The van der Waals surface area contributed by atoms with Crippen molar-refractivity contribution in [2.45, 2.75) is 39.8 Å². The van der Waals surface area contributed by atoms with Crippen LogP contribution in [0.25, 0.3) is 0 Å². The maximum atomic E-state index is 12.3. The van der Waals surface area contributed by atoms with Gasteiger partial charge in [0, 0.05) is 38.1 Å². The largest absolute Gasteiger partial charge is 0.339 e. The number of nitrogens with two attached hydrogens (primary N) is 1. The quantitative estimate of drug-likeness (QED) is 0.894. The highest BCUT2D eigenvalue weighted by Crippen LogP contribution is 2.14. The first-order chi connectivity index (χ1) is 10.0. The van der Waals surface area contributed by atoms with E-state index in [0.29, 0.717) is 0 Å². The topological polar surface area (TPSA) is 62.5 Å². The van der Waals surface area contributed by atoms with Gasteiger partial charge in [0.15, 0.2) is 0 Å². The minimum absolute atomic E-state index is 0.105. The highest BCUT2D eigenvalue weighted by molar-refractivity contribution is 7.09. The van der Waals surface area contributed by atoms with Gasteiger partial charge in [-0.3, -0.25) is 9.69 Å². The van der Waals surface area contributed by atoms with Crippen LogP contribution in [0.15, 0.2) is 5.38 Å². The van der Waals surface area contributed by atoms with Gasteiger partial charge >= 0.3 is 0 Å². The molecule has 0 radical (unpaired) electrons. The number of rotatable bonds is 5. The summed E-state index contributed by atoms with van der Waals surface area (Å²) in [5.41, 5.74) is 7.18. The van der Waals surface area contributed by atoms with Crippen molar-refractivity contribution in [2.24, 2.45) is 11.7 Å². The summed E-state index contributed by atoms with van der Waals surface area (Å²) in [6.45, 7) is 10.4. The Morgan fingerprint density at radius 3 is 2.62 bits per heavy atom. The molecule has 2 heterocycles. The first-order valence-electron chi connectivity index (χ1n) is 7.69. The molecule has 118 valence electrons. The van der Waals surface area contributed by atoms with Gasteiger partial charge in [0.25, 0.3) is 0 Å². The van der Waals surface area contributed by atoms with E-state index in [9.17, 15) is 4.79 Å². The summed E-state index contributed by atoms with van der Waals surface area (Å²) >= 11 is 1.69. The second kappa shape index (κ2) is 7.33. The van der Waals surface area contributed by atoms with Gasteiger partial charge in [-0.05, 0) is 12.8 Å². The van der Waals surface area contributed by atoms with E-state index >= 15 is 0 Å². The molecule has 1 aliphatic heterocycles. The number of aryl methyl sites for hydroxylation is 1. The normalized spacial score (nSPS) is 19.5. The average Bonchev–Trinajstić information content (AvgIpc) is 2.90. The average molecular weight is 310 g/mol. The molecule has 1 fully saturated rings. The number of amides is 1. The van der Waals surface area contributed by atoms with Crippen molar-refractivity contribution in [3.63, 3.8) is 0 Å². The Balaban J connectivity index is 1.81. The molecule has 1 saturated heterocycles. The van der Waals surface area contributed by atoms with Crippen molar-refractivity contribution >= 4 is 17.2 Å². The van der Waals surface area contributed by atoms with Gasteiger partial charge in [-0.1, -0.05) is 20.3 Å². The van der Waals surface area contributed by atoms with Crippen LogP contribution in [0.4, 0.5) is 0 Å². The fourth-order valence-corrected chi connectivity index (χ4v) is 3.15. The number of hydrogen-bond acceptors (Lipinski definition) is 5. The molecular formula is C15H26N4OS. The molecule has 0 bridgehead atoms. The highest BCUT2D eigenvalue weighted by atomic mass is 32.1. The Morgan fingerprint density at radius 2 is 2.10 bits per heavy atom. The molecule has 1 aromatic rings. The summed E-state index contributed by atoms with van der Waals surface area (Å²) in [5.74, 6) is 0.349. The molecular weight excluding hydrogens is 284 g/mol. The number of carbonyl (C=O) groups is 1. The molecule has 5 nitrogen and oxygen atoms in total. The van der Waals surface area contributed by atoms with Crippen LogP contribution >= 0.6 is 11.3 Å². The first kappa shape index (κ1) is 16.4.